The Balaban J connectivity index is 2.75. The molecule has 0 saturated carbocycles. The van der Waals surface area contributed by atoms with Crippen LogP contribution in [0.25, 0.3) is 0 Å². The van der Waals surface area contributed by atoms with Gasteiger partial charge < -0.3 is 33.2 Å². The molecule has 1 aliphatic heterocycles. The van der Waals surface area contributed by atoms with Crippen LogP contribution in [-0.2, 0) is 24.0 Å². The van der Waals surface area contributed by atoms with Crippen molar-refractivity contribution in [2.24, 2.45) is 17.2 Å². The van der Waals surface area contributed by atoms with E-state index in [2.05, 4.69) is 16.0 Å². The molecule has 1 aliphatic rings. The summed E-state index contributed by atoms with van der Waals surface area (Å²) in [6.45, 7) is 0.674. The summed E-state index contributed by atoms with van der Waals surface area (Å²) >= 11 is 0. The van der Waals surface area contributed by atoms with Crippen LogP contribution in [0.2, 0.25) is 0 Å². The molecule has 3 atom stereocenters. The molecule has 0 spiro atoms. The number of nitrogens with two attached hydrogens (primary N) is 3. The minimum Gasteiger partial charge on any atom is -0.370 e. The molecular weight excluding hydrogens is 320 g/mol. The standard InChI is InChI=1S/C13H22N6O5/c14-9(20)4-7(11(16)22)18-13(24)8(5-10(15)21)19-12(23)6-2-1-3-17-6/h6-8,17H,1-5H2,(H2,14,20)(H2,15,21)(H2,16,22)(H,18,24)(H,19,23)/t6-,7-,8-/m0/s1. The predicted molar refractivity (Wildman–Crippen MR) is 81.7 cm³/mol. The van der Waals surface area contributed by atoms with E-state index in [4.69, 9.17) is 17.2 Å². The van der Waals surface area contributed by atoms with Gasteiger partial charge in [-0.1, -0.05) is 0 Å². The van der Waals surface area contributed by atoms with Gasteiger partial charge in [0.2, 0.25) is 29.5 Å². The molecule has 0 aliphatic carbocycles. The van der Waals surface area contributed by atoms with Crippen LogP contribution < -0.4 is 33.2 Å². The SMILES string of the molecule is NC(=O)C[C@H](NC(=O)[C@H](CC(N)=O)NC(=O)[C@@H]1CCCN1)C(N)=O. The van der Waals surface area contributed by atoms with Crippen molar-refractivity contribution in [1.82, 2.24) is 16.0 Å². The number of primary amides is 3. The maximum Gasteiger partial charge on any atom is 0.243 e. The summed E-state index contributed by atoms with van der Waals surface area (Å²) in [4.78, 5) is 57.6. The fourth-order valence-corrected chi connectivity index (χ4v) is 2.29. The van der Waals surface area contributed by atoms with E-state index in [1.807, 2.05) is 0 Å². The van der Waals surface area contributed by atoms with Crippen molar-refractivity contribution in [2.45, 2.75) is 43.8 Å². The summed E-state index contributed by atoms with van der Waals surface area (Å²) in [6.07, 6.45) is 0.449. The first kappa shape index (κ1) is 19.4. The fourth-order valence-electron chi connectivity index (χ4n) is 2.29. The molecule has 11 nitrogen and oxygen atoms in total. The molecule has 1 saturated heterocycles. The minimum absolute atomic E-state index is 0.459. The lowest BCUT2D eigenvalue weighted by atomic mass is 10.1. The zero-order valence-corrected chi connectivity index (χ0v) is 13.0. The molecule has 11 heteroatoms. The number of carbonyl (C=O) groups is 5. The number of rotatable bonds is 9. The summed E-state index contributed by atoms with van der Waals surface area (Å²) < 4.78 is 0. The molecule has 0 unspecified atom stereocenters. The van der Waals surface area contributed by atoms with Crippen LogP contribution in [0.4, 0.5) is 0 Å². The average Bonchev–Trinajstić information content (AvgIpc) is 2.98. The highest BCUT2D eigenvalue weighted by atomic mass is 16.2. The Morgan fingerprint density at radius 3 is 2.00 bits per heavy atom. The summed E-state index contributed by atoms with van der Waals surface area (Å²) in [5.41, 5.74) is 15.1. The van der Waals surface area contributed by atoms with E-state index in [9.17, 15) is 24.0 Å². The quantitative estimate of drug-likeness (QED) is 0.246. The second-order valence-corrected chi connectivity index (χ2v) is 5.51. The van der Waals surface area contributed by atoms with Crippen LogP contribution in [0.5, 0.6) is 0 Å². The molecule has 5 amide bonds. The van der Waals surface area contributed by atoms with Crippen molar-refractivity contribution in [2.75, 3.05) is 6.54 Å². The maximum atomic E-state index is 12.2. The van der Waals surface area contributed by atoms with Crippen molar-refractivity contribution in [3.8, 4) is 0 Å². The smallest absolute Gasteiger partial charge is 0.243 e. The highest BCUT2D eigenvalue weighted by Crippen LogP contribution is 2.06. The van der Waals surface area contributed by atoms with Crippen LogP contribution in [-0.4, -0.2) is 54.2 Å². The monoisotopic (exact) mass is 342 g/mol. The number of carbonyl (C=O) groups excluding carboxylic acids is 5. The zero-order valence-electron chi connectivity index (χ0n) is 13.0. The van der Waals surface area contributed by atoms with Crippen LogP contribution in [0.15, 0.2) is 0 Å². The second-order valence-electron chi connectivity index (χ2n) is 5.51. The van der Waals surface area contributed by atoms with Crippen molar-refractivity contribution in [3.05, 3.63) is 0 Å². The topological polar surface area (TPSA) is 200 Å². The van der Waals surface area contributed by atoms with Gasteiger partial charge in [-0.2, -0.15) is 0 Å². The van der Waals surface area contributed by atoms with Gasteiger partial charge in [-0.05, 0) is 19.4 Å². The van der Waals surface area contributed by atoms with Gasteiger partial charge in [-0.25, -0.2) is 0 Å². The summed E-state index contributed by atoms with van der Waals surface area (Å²) in [7, 11) is 0. The summed E-state index contributed by atoms with van der Waals surface area (Å²) in [5.74, 6) is -3.95. The molecular formula is C13H22N6O5. The predicted octanol–water partition coefficient (Wildman–Crippen LogP) is -4.06. The van der Waals surface area contributed by atoms with Gasteiger partial charge in [0.25, 0.3) is 0 Å². The summed E-state index contributed by atoms with van der Waals surface area (Å²) in [6, 6.07) is -3.09. The second kappa shape index (κ2) is 8.82. The van der Waals surface area contributed by atoms with E-state index < -0.39 is 60.5 Å². The highest BCUT2D eigenvalue weighted by Gasteiger charge is 2.30. The van der Waals surface area contributed by atoms with Gasteiger partial charge in [0.1, 0.15) is 12.1 Å². The lowest BCUT2D eigenvalue weighted by molar-refractivity contribution is -0.134. The molecule has 0 aromatic carbocycles. The van der Waals surface area contributed by atoms with Gasteiger partial charge in [-0.3, -0.25) is 24.0 Å². The third-order valence-electron chi connectivity index (χ3n) is 3.48. The summed E-state index contributed by atoms with van der Waals surface area (Å²) in [5, 5.41) is 7.54. The third kappa shape index (κ3) is 6.20. The molecule has 1 fully saturated rings. The van der Waals surface area contributed by atoms with Crippen molar-refractivity contribution >= 4 is 29.5 Å². The van der Waals surface area contributed by atoms with Crippen LogP contribution in [0.3, 0.4) is 0 Å². The lowest BCUT2D eigenvalue weighted by Gasteiger charge is -2.22. The Morgan fingerprint density at radius 1 is 0.958 bits per heavy atom. The molecule has 0 aromatic rings. The Hall–Kier alpha value is -2.69. The van der Waals surface area contributed by atoms with E-state index in [-0.39, 0.29) is 0 Å². The fraction of sp³-hybridized carbons (Fsp3) is 0.615. The molecule has 1 heterocycles. The molecule has 0 radical (unpaired) electrons. The number of hydrogen-bond donors (Lipinski definition) is 6. The Morgan fingerprint density at radius 2 is 1.54 bits per heavy atom. The van der Waals surface area contributed by atoms with E-state index in [1.165, 1.54) is 0 Å². The first-order valence-corrected chi connectivity index (χ1v) is 7.40. The van der Waals surface area contributed by atoms with Gasteiger partial charge in [-0.15, -0.1) is 0 Å². The third-order valence-corrected chi connectivity index (χ3v) is 3.48. The number of amides is 5. The lowest BCUT2D eigenvalue weighted by Crippen LogP contribution is -2.56. The molecule has 0 aromatic heterocycles. The Labute approximate surface area is 138 Å². The molecule has 1 rings (SSSR count). The van der Waals surface area contributed by atoms with E-state index >= 15 is 0 Å². The van der Waals surface area contributed by atoms with E-state index in [1.54, 1.807) is 0 Å². The normalized spacial score (nSPS) is 19.1. The largest absolute Gasteiger partial charge is 0.370 e. The Kier molecular flexibility index (Phi) is 7.11. The number of hydrogen-bond acceptors (Lipinski definition) is 6. The number of nitrogens with one attached hydrogen (secondary N) is 3. The maximum absolute atomic E-state index is 12.2. The first-order valence-electron chi connectivity index (χ1n) is 7.40. The van der Waals surface area contributed by atoms with Gasteiger partial charge in [0.15, 0.2) is 0 Å². The van der Waals surface area contributed by atoms with E-state index in [0.29, 0.717) is 13.0 Å². The highest BCUT2D eigenvalue weighted by molar-refractivity contribution is 5.96. The van der Waals surface area contributed by atoms with Crippen LogP contribution >= 0.6 is 0 Å². The van der Waals surface area contributed by atoms with Crippen molar-refractivity contribution < 1.29 is 24.0 Å². The van der Waals surface area contributed by atoms with Gasteiger partial charge in [0, 0.05) is 0 Å². The van der Waals surface area contributed by atoms with Crippen LogP contribution in [0, 0.1) is 0 Å². The first-order chi connectivity index (χ1) is 11.2. The molecule has 9 N–H and O–H groups in total. The van der Waals surface area contributed by atoms with Crippen LogP contribution in [0.1, 0.15) is 25.7 Å². The Bertz CT molecular complexity index is 531. The van der Waals surface area contributed by atoms with Gasteiger partial charge >= 0.3 is 0 Å². The molecule has 134 valence electrons. The van der Waals surface area contributed by atoms with Gasteiger partial charge in [0.05, 0.1) is 18.9 Å². The molecule has 24 heavy (non-hydrogen) atoms. The zero-order chi connectivity index (χ0) is 18.3. The average molecular weight is 342 g/mol. The molecule has 0 bridgehead atoms. The minimum atomic E-state index is -1.34. The van der Waals surface area contributed by atoms with Crippen molar-refractivity contribution in [1.29, 1.82) is 0 Å². The van der Waals surface area contributed by atoms with Crippen molar-refractivity contribution in [3.63, 3.8) is 0 Å². The van der Waals surface area contributed by atoms with E-state index in [0.717, 1.165) is 6.42 Å².